The van der Waals surface area contributed by atoms with Gasteiger partial charge in [-0.15, -0.1) is 5.10 Å². The number of hydrogen-bond acceptors (Lipinski definition) is 5. The highest BCUT2D eigenvalue weighted by Gasteiger charge is 2.30. The van der Waals surface area contributed by atoms with E-state index in [1.807, 2.05) is 42.5 Å². The summed E-state index contributed by atoms with van der Waals surface area (Å²) in [7, 11) is 0. The van der Waals surface area contributed by atoms with E-state index in [-0.39, 0.29) is 11.9 Å². The Morgan fingerprint density at radius 1 is 1.06 bits per heavy atom. The van der Waals surface area contributed by atoms with Crippen molar-refractivity contribution in [2.45, 2.75) is 44.0 Å². The molecule has 2 aliphatic rings. The van der Waals surface area contributed by atoms with E-state index in [2.05, 4.69) is 32.7 Å². The van der Waals surface area contributed by atoms with Crippen molar-refractivity contribution in [3.63, 3.8) is 0 Å². The van der Waals surface area contributed by atoms with E-state index in [0.29, 0.717) is 18.2 Å². The molecule has 3 aromatic rings. The third-order valence-electron chi connectivity index (χ3n) is 6.00. The number of rotatable bonds is 8. The molecule has 1 aromatic heterocycles. The van der Waals surface area contributed by atoms with E-state index in [1.54, 1.807) is 10.9 Å². The number of likely N-dealkylation sites (tertiary alicyclic amines) is 1. The Labute approximate surface area is 181 Å². The molecule has 7 heteroatoms. The van der Waals surface area contributed by atoms with Crippen LogP contribution in [0.5, 0.6) is 0 Å². The SMILES string of the molecule is O=C(NC1CN(Cc2ccc(C(O)Cc3ccccc3)cc2)C1)c1cn(C2CC2)nn1. The van der Waals surface area contributed by atoms with Crippen LogP contribution in [0.15, 0.2) is 60.8 Å². The largest absolute Gasteiger partial charge is 0.388 e. The third-order valence-corrected chi connectivity index (χ3v) is 6.00. The van der Waals surface area contributed by atoms with Gasteiger partial charge in [-0.05, 0) is 29.5 Å². The van der Waals surface area contributed by atoms with Crippen LogP contribution in [-0.4, -0.2) is 50.0 Å². The van der Waals surface area contributed by atoms with Crippen molar-refractivity contribution in [2.75, 3.05) is 13.1 Å². The van der Waals surface area contributed by atoms with Gasteiger partial charge in [0.2, 0.25) is 0 Å². The molecule has 5 rings (SSSR count). The molecule has 1 saturated carbocycles. The second-order valence-corrected chi connectivity index (χ2v) is 8.63. The third kappa shape index (κ3) is 4.84. The normalized spacial score (nSPS) is 17.8. The van der Waals surface area contributed by atoms with Crippen LogP contribution in [0, 0.1) is 0 Å². The standard InChI is InChI=1S/C24H27N5O2/c30-23(12-17-4-2-1-3-5-17)19-8-6-18(7-9-19)13-28-14-20(15-28)25-24(31)22-16-29(27-26-22)21-10-11-21/h1-9,16,20-21,23,30H,10-15H2,(H,25,31). The minimum absolute atomic E-state index is 0.144. The molecule has 2 aromatic carbocycles. The van der Waals surface area contributed by atoms with Crippen molar-refractivity contribution in [3.8, 4) is 0 Å². The number of aliphatic hydroxyl groups excluding tert-OH is 1. The molecule has 2 N–H and O–H groups in total. The van der Waals surface area contributed by atoms with Crippen molar-refractivity contribution >= 4 is 5.91 Å². The molecule has 0 radical (unpaired) electrons. The van der Waals surface area contributed by atoms with Crippen molar-refractivity contribution in [1.29, 1.82) is 0 Å². The van der Waals surface area contributed by atoms with Crippen LogP contribution in [-0.2, 0) is 13.0 Å². The number of carbonyl (C=O) groups is 1. The zero-order valence-corrected chi connectivity index (χ0v) is 17.4. The van der Waals surface area contributed by atoms with Gasteiger partial charge in [0.15, 0.2) is 5.69 Å². The number of nitrogens with zero attached hydrogens (tertiary/aromatic N) is 4. The molecule has 0 spiro atoms. The maximum atomic E-state index is 12.3. The zero-order chi connectivity index (χ0) is 21.2. The maximum absolute atomic E-state index is 12.3. The van der Waals surface area contributed by atoms with Gasteiger partial charge in [-0.2, -0.15) is 0 Å². The first-order chi connectivity index (χ1) is 15.1. The lowest BCUT2D eigenvalue weighted by Crippen LogP contribution is -2.58. The summed E-state index contributed by atoms with van der Waals surface area (Å²) >= 11 is 0. The van der Waals surface area contributed by atoms with Gasteiger partial charge in [0.05, 0.1) is 24.4 Å². The first-order valence-corrected chi connectivity index (χ1v) is 10.9. The van der Waals surface area contributed by atoms with Crippen LogP contribution in [0.4, 0.5) is 0 Å². The number of hydrogen-bond donors (Lipinski definition) is 2. The quantitative estimate of drug-likeness (QED) is 0.588. The second kappa shape index (κ2) is 8.61. The molecule has 160 valence electrons. The topological polar surface area (TPSA) is 83.3 Å². The van der Waals surface area contributed by atoms with Crippen LogP contribution in [0.1, 0.15) is 52.2 Å². The number of carbonyl (C=O) groups excluding carboxylic acids is 1. The summed E-state index contributed by atoms with van der Waals surface area (Å²) in [6.07, 6.45) is 4.10. The first-order valence-electron chi connectivity index (χ1n) is 10.9. The smallest absolute Gasteiger partial charge is 0.273 e. The van der Waals surface area contributed by atoms with E-state index in [1.165, 1.54) is 5.56 Å². The van der Waals surface area contributed by atoms with Crippen molar-refractivity contribution in [3.05, 3.63) is 83.2 Å². The average molecular weight is 418 g/mol. The molecule has 1 aliphatic heterocycles. The highest BCUT2D eigenvalue weighted by Crippen LogP contribution is 2.33. The highest BCUT2D eigenvalue weighted by molar-refractivity contribution is 5.92. The predicted molar refractivity (Wildman–Crippen MR) is 116 cm³/mol. The van der Waals surface area contributed by atoms with Gasteiger partial charge in [0.1, 0.15) is 0 Å². The summed E-state index contributed by atoms with van der Waals surface area (Å²) in [6.45, 7) is 2.47. The average Bonchev–Trinajstić information content (AvgIpc) is 3.49. The van der Waals surface area contributed by atoms with Crippen LogP contribution < -0.4 is 5.32 Å². The Hall–Kier alpha value is -3.03. The molecule has 1 unspecified atom stereocenters. The minimum Gasteiger partial charge on any atom is -0.388 e. The van der Waals surface area contributed by atoms with Crippen LogP contribution in [0.25, 0.3) is 0 Å². The lowest BCUT2D eigenvalue weighted by Gasteiger charge is -2.39. The number of benzene rings is 2. The van der Waals surface area contributed by atoms with E-state index in [4.69, 9.17) is 0 Å². The van der Waals surface area contributed by atoms with Crippen LogP contribution in [0.2, 0.25) is 0 Å². The molecule has 1 atom stereocenters. The molecule has 1 saturated heterocycles. The van der Waals surface area contributed by atoms with Gasteiger partial charge in [-0.25, -0.2) is 4.68 Å². The molecule has 0 bridgehead atoms. The van der Waals surface area contributed by atoms with E-state index in [9.17, 15) is 9.90 Å². The number of nitrogens with one attached hydrogen (secondary N) is 1. The van der Waals surface area contributed by atoms with Crippen LogP contribution >= 0.6 is 0 Å². The van der Waals surface area contributed by atoms with Crippen molar-refractivity contribution in [1.82, 2.24) is 25.2 Å². The Bertz CT molecular complexity index is 1020. The van der Waals surface area contributed by atoms with Gasteiger partial charge >= 0.3 is 0 Å². The number of amides is 1. The summed E-state index contributed by atoms with van der Waals surface area (Å²) in [5.41, 5.74) is 3.66. The molecule has 31 heavy (non-hydrogen) atoms. The number of aromatic nitrogens is 3. The summed E-state index contributed by atoms with van der Waals surface area (Å²) in [6, 6.07) is 18.8. The van der Waals surface area contributed by atoms with E-state index in [0.717, 1.165) is 43.6 Å². The van der Waals surface area contributed by atoms with Crippen LogP contribution in [0.3, 0.4) is 0 Å². The monoisotopic (exact) mass is 417 g/mol. The van der Waals surface area contributed by atoms with Crippen molar-refractivity contribution < 1.29 is 9.90 Å². The molecule has 2 heterocycles. The lowest BCUT2D eigenvalue weighted by atomic mass is 10.00. The van der Waals surface area contributed by atoms with E-state index < -0.39 is 6.10 Å². The Balaban J connectivity index is 1.07. The summed E-state index contributed by atoms with van der Waals surface area (Å²) < 4.78 is 1.79. The van der Waals surface area contributed by atoms with Gasteiger partial charge in [0, 0.05) is 26.1 Å². The highest BCUT2D eigenvalue weighted by atomic mass is 16.3. The van der Waals surface area contributed by atoms with Gasteiger partial charge < -0.3 is 10.4 Å². The van der Waals surface area contributed by atoms with Gasteiger partial charge in [-0.3, -0.25) is 9.69 Å². The summed E-state index contributed by atoms with van der Waals surface area (Å²) in [5.74, 6) is -0.145. The minimum atomic E-state index is -0.502. The summed E-state index contributed by atoms with van der Waals surface area (Å²) in [5, 5.41) is 21.6. The lowest BCUT2D eigenvalue weighted by molar-refractivity contribution is 0.0790. The molecule has 2 fully saturated rings. The van der Waals surface area contributed by atoms with Gasteiger partial charge in [0.25, 0.3) is 5.91 Å². The fourth-order valence-electron chi connectivity index (χ4n) is 4.01. The number of aliphatic hydroxyl groups is 1. The summed E-state index contributed by atoms with van der Waals surface area (Å²) in [4.78, 5) is 14.6. The van der Waals surface area contributed by atoms with Gasteiger partial charge in [-0.1, -0.05) is 59.8 Å². The van der Waals surface area contributed by atoms with E-state index >= 15 is 0 Å². The first kappa shape index (κ1) is 19.9. The Morgan fingerprint density at radius 3 is 2.52 bits per heavy atom. The molecular formula is C24H27N5O2. The predicted octanol–water partition coefficient (Wildman–Crippen LogP) is 2.50. The second-order valence-electron chi connectivity index (χ2n) is 8.63. The van der Waals surface area contributed by atoms with Crippen molar-refractivity contribution in [2.24, 2.45) is 0 Å². The molecule has 1 amide bonds. The molecule has 1 aliphatic carbocycles. The maximum Gasteiger partial charge on any atom is 0.273 e. The molecule has 7 nitrogen and oxygen atoms in total. The Morgan fingerprint density at radius 2 is 1.81 bits per heavy atom. The molecular weight excluding hydrogens is 390 g/mol. The Kier molecular flexibility index (Phi) is 5.53. The zero-order valence-electron chi connectivity index (χ0n) is 17.4. The fourth-order valence-corrected chi connectivity index (χ4v) is 4.01. The fraction of sp³-hybridized carbons (Fsp3) is 0.375.